The summed E-state index contributed by atoms with van der Waals surface area (Å²) in [7, 11) is 0. The summed E-state index contributed by atoms with van der Waals surface area (Å²) in [6.45, 7) is 0. The zero-order valence-corrected chi connectivity index (χ0v) is 11.5. The predicted molar refractivity (Wildman–Crippen MR) is 75.9 cm³/mol. The summed E-state index contributed by atoms with van der Waals surface area (Å²) in [5.74, 6) is 0. The summed E-state index contributed by atoms with van der Waals surface area (Å²) in [4.78, 5) is 0. The summed E-state index contributed by atoms with van der Waals surface area (Å²) in [6, 6.07) is 17.0. The van der Waals surface area contributed by atoms with E-state index < -0.39 is 18.7 Å². The number of hydrogen-bond donors (Lipinski definition) is 1. The van der Waals surface area contributed by atoms with Crippen molar-refractivity contribution >= 4 is 0 Å². The lowest BCUT2D eigenvalue weighted by Crippen LogP contribution is -2.10. The molecule has 0 aliphatic carbocycles. The molecule has 0 radical (unpaired) electrons. The minimum Gasteiger partial charge on any atom is -0.388 e. The molecule has 0 fully saturated rings. The molecule has 2 rings (SSSR count). The molecule has 0 bridgehead atoms. The van der Waals surface area contributed by atoms with Crippen molar-refractivity contribution in [2.45, 2.75) is 31.5 Å². The highest BCUT2D eigenvalue weighted by atomic mass is 19.4. The summed E-state index contributed by atoms with van der Waals surface area (Å²) in [5.41, 5.74) is 2.76. The molecule has 0 aliphatic heterocycles. The Morgan fingerprint density at radius 2 is 1.43 bits per heavy atom. The largest absolute Gasteiger partial charge is 0.389 e. The molecule has 112 valence electrons. The van der Waals surface area contributed by atoms with E-state index in [4.69, 9.17) is 0 Å². The van der Waals surface area contributed by atoms with Gasteiger partial charge in [0.2, 0.25) is 0 Å². The maximum absolute atomic E-state index is 12.1. The van der Waals surface area contributed by atoms with Crippen molar-refractivity contribution in [1.29, 1.82) is 0 Å². The number of aliphatic hydroxyl groups excluding tert-OH is 1. The van der Waals surface area contributed by atoms with Crippen LogP contribution in [0.4, 0.5) is 13.2 Å². The average molecular weight is 294 g/mol. The fraction of sp³-hybridized carbons (Fsp3) is 0.294. The zero-order valence-electron chi connectivity index (χ0n) is 11.5. The second kappa shape index (κ2) is 6.76. The van der Waals surface area contributed by atoms with Crippen LogP contribution < -0.4 is 0 Å². The molecule has 0 saturated heterocycles. The molecule has 4 heteroatoms. The quantitative estimate of drug-likeness (QED) is 0.850. The SMILES string of the molecule is OC(CCC(F)(F)F)c1ccc(Cc2ccccc2)cc1. The van der Waals surface area contributed by atoms with E-state index in [0.717, 1.165) is 12.0 Å². The molecule has 2 aromatic carbocycles. The van der Waals surface area contributed by atoms with Crippen molar-refractivity contribution in [2.24, 2.45) is 0 Å². The van der Waals surface area contributed by atoms with E-state index in [1.807, 2.05) is 42.5 Å². The van der Waals surface area contributed by atoms with Crippen LogP contribution in [-0.4, -0.2) is 11.3 Å². The van der Waals surface area contributed by atoms with Gasteiger partial charge in [0.1, 0.15) is 0 Å². The fourth-order valence-corrected chi connectivity index (χ4v) is 2.16. The molecule has 1 unspecified atom stereocenters. The lowest BCUT2D eigenvalue weighted by molar-refractivity contribution is -0.140. The highest BCUT2D eigenvalue weighted by Gasteiger charge is 2.28. The van der Waals surface area contributed by atoms with Gasteiger partial charge in [0.15, 0.2) is 0 Å². The molecule has 0 spiro atoms. The molecule has 1 N–H and O–H groups in total. The number of halogens is 3. The van der Waals surface area contributed by atoms with E-state index in [2.05, 4.69) is 0 Å². The smallest absolute Gasteiger partial charge is 0.388 e. The first-order chi connectivity index (χ1) is 9.94. The van der Waals surface area contributed by atoms with Gasteiger partial charge in [-0.2, -0.15) is 13.2 Å². The van der Waals surface area contributed by atoms with Crippen LogP contribution in [0, 0.1) is 0 Å². The van der Waals surface area contributed by atoms with Gasteiger partial charge < -0.3 is 5.11 Å². The van der Waals surface area contributed by atoms with Gasteiger partial charge in [-0.25, -0.2) is 0 Å². The van der Waals surface area contributed by atoms with Crippen LogP contribution in [0.1, 0.15) is 35.6 Å². The van der Waals surface area contributed by atoms with E-state index in [1.54, 1.807) is 12.1 Å². The Kier molecular flexibility index (Phi) is 5.02. The minimum absolute atomic E-state index is 0.304. The van der Waals surface area contributed by atoms with Crippen molar-refractivity contribution in [3.8, 4) is 0 Å². The molecule has 0 saturated carbocycles. The zero-order chi connectivity index (χ0) is 15.3. The van der Waals surface area contributed by atoms with Crippen molar-refractivity contribution in [3.05, 3.63) is 71.3 Å². The highest BCUT2D eigenvalue weighted by Crippen LogP contribution is 2.27. The van der Waals surface area contributed by atoms with Crippen molar-refractivity contribution in [2.75, 3.05) is 0 Å². The van der Waals surface area contributed by atoms with Crippen LogP contribution in [-0.2, 0) is 6.42 Å². The number of alkyl halides is 3. The van der Waals surface area contributed by atoms with E-state index in [0.29, 0.717) is 5.56 Å². The van der Waals surface area contributed by atoms with Gasteiger partial charge in [-0.15, -0.1) is 0 Å². The summed E-state index contributed by atoms with van der Waals surface area (Å²) < 4.78 is 36.4. The third kappa shape index (κ3) is 5.23. The Labute approximate surface area is 122 Å². The molecule has 0 amide bonds. The second-order valence-corrected chi connectivity index (χ2v) is 5.07. The molecule has 2 aromatic rings. The molecule has 1 atom stereocenters. The standard InChI is InChI=1S/C17H17F3O/c18-17(19,20)11-10-16(21)15-8-6-14(7-9-15)12-13-4-2-1-3-5-13/h1-9,16,21H,10-12H2. The molecular formula is C17H17F3O. The molecule has 1 nitrogen and oxygen atoms in total. The number of aliphatic hydroxyl groups is 1. The first-order valence-electron chi connectivity index (χ1n) is 6.81. The first-order valence-corrected chi connectivity index (χ1v) is 6.81. The van der Waals surface area contributed by atoms with E-state index in [1.165, 1.54) is 5.56 Å². The molecule has 0 aliphatic rings. The molecule has 0 aromatic heterocycles. The number of hydrogen-bond acceptors (Lipinski definition) is 1. The summed E-state index contributed by atoms with van der Waals surface area (Å²) in [5, 5.41) is 9.76. The lowest BCUT2D eigenvalue weighted by Gasteiger charge is -2.13. The normalized spacial score (nSPS) is 13.1. The van der Waals surface area contributed by atoms with Crippen LogP contribution in [0.3, 0.4) is 0 Å². The Balaban J connectivity index is 1.95. The topological polar surface area (TPSA) is 20.2 Å². The molecular weight excluding hydrogens is 277 g/mol. The third-order valence-corrected chi connectivity index (χ3v) is 3.32. The van der Waals surface area contributed by atoms with Gasteiger partial charge in [-0.3, -0.25) is 0 Å². The average Bonchev–Trinajstić information content (AvgIpc) is 2.46. The number of rotatable bonds is 5. The lowest BCUT2D eigenvalue weighted by atomic mass is 10.00. The maximum Gasteiger partial charge on any atom is 0.389 e. The van der Waals surface area contributed by atoms with Crippen molar-refractivity contribution < 1.29 is 18.3 Å². The van der Waals surface area contributed by atoms with Crippen molar-refractivity contribution in [1.82, 2.24) is 0 Å². The van der Waals surface area contributed by atoms with Gasteiger partial charge in [-0.05, 0) is 29.5 Å². The van der Waals surface area contributed by atoms with Gasteiger partial charge in [0.25, 0.3) is 0 Å². The van der Waals surface area contributed by atoms with Crippen LogP contribution in [0.25, 0.3) is 0 Å². The van der Waals surface area contributed by atoms with E-state index in [9.17, 15) is 18.3 Å². The van der Waals surface area contributed by atoms with Crippen LogP contribution in [0.2, 0.25) is 0 Å². The molecule has 0 heterocycles. The van der Waals surface area contributed by atoms with E-state index in [-0.39, 0.29) is 6.42 Å². The Morgan fingerprint density at radius 1 is 0.857 bits per heavy atom. The Bertz CT molecular complexity index is 546. The summed E-state index contributed by atoms with van der Waals surface area (Å²) in [6.07, 6.45) is -5.81. The van der Waals surface area contributed by atoms with Gasteiger partial charge in [0.05, 0.1) is 6.10 Å². The van der Waals surface area contributed by atoms with Gasteiger partial charge >= 0.3 is 6.18 Å². The van der Waals surface area contributed by atoms with Crippen molar-refractivity contribution in [3.63, 3.8) is 0 Å². The maximum atomic E-state index is 12.1. The predicted octanol–water partition coefficient (Wildman–Crippen LogP) is 4.65. The van der Waals surface area contributed by atoms with Crippen LogP contribution in [0.5, 0.6) is 0 Å². The Hall–Kier alpha value is -1.81. The van der Waals surface area contributed by atoms with Gasteiger partial charge in [-0.1, -0.05) is 54.6 Å². The van der Waals surface area contributed by atoms with Gasteiger partial charge in [0, 0.05) is 6.42 Å². The van der Waals surface area contributed by atoms with Crippen LogP contribution >= 0.6 is 0 Å². The third-order valence-electron chi connectivity index (χ3n) is 3.32. The highest BCUT2D eigenvalue weighted by molar-refractivity contribution is 5.29. The first kappa shape index (κ1) is 15.6. The molecule has 21 heavy (non-hydrogen) atoms. The Morgan fingerprint density at radius 3 is 2.00 bits per heavy atom. The number of benzene rings is 2. The van der Waals surface area contributed by atoms with Crippen LogP contribution in [0.15, 0.2) is 54.6 Å². The second-order valence-electron chi connectivity index (χ2n) is 5.07. The van der Waals surface area contributed by atoms with E-state index >= 15 is 0 Å². The monoisotopic (exact) mass is 294 g/mol. The minimum atomic E-state index is -4.23. The fourth-order valence-electron chi connectivity index (χ4n) is 2.16. The summed E-state index contributed by atoms with van der Waals surface area (Å²) >= 11 is 0.